The number of nitriles is 1. The fourth-order valence-electron chi connectivity index (χ4n) is 1.21. The maximum absolute atomic E-state index is 8.77. The van der Waals surface area contributed by atoms with Crippen LogP contribution in [0.15, 0.2) is 0 Å². The second-order valence-corrected chi connectivity index (χ2v) is 3.28. The normalized spacial score (nSPS) is 13.5. The molecule has 0 aromatic carbocycles. The van der Waals surface area contributed by atoms with Crippen LogP contribution in [0.25, 0.3) is 0 Å². The van der Waals surface area contributed by atoms with Gasteiger partial charge in [0.15, 0.2) is 0 Å². The lowest BCUT2D eigenvalue weighted by atomic mass is 10.2. The van der Waals surface area contributed by atoms with Gasteiger partial charge >= 0.3 is 0 Å². The van der Waals surface area contributed by atoms with Crippen LogP contribution in [-0.4, -0.2) is 29.7 Å². The Labute approximate surface area is 71.8 Å². The van der Waals surface area contributed by atoms with Gasteiger partial charge in [-0.2, -0.15) is 5.26 Å². The summed E-state index contributed by atoms with van der Waals surface area (Å²) in [6.07, 6.45) is 0.836. The molecule has 0 heterocycles. The molecule has 0 amide bonds. The molecule has 0 aliphatic heterocycles. The highest BCUT2D eigenvalue weighted by atomic mass is 31.0. The van der Waals surface area contributed by atoms with Crippen molar-refractivity contribution in [2.45, 2.75) is 32.9 Å². The molecule has 0 bridgehead atoms. The Kier molecular flexibility index (Phi) is 5.46. The van der Waals surface area contributed by atoms with E-state index in [1.54, 1.807) is 0 Å². The largest absolute Gasteiger partial charge is 0.286 e. The summed E-state index contributed by atoms with van der Waals surface area (Å²) >= 11 is 0. The molecule has 0 radical (unpaired) electrons. The fraction of sp³-hybridized carbons (Fsp3) is 0.875. The van der Waals surface area contributed by atoms with Crippen LogP contribution < -0.4 is 0 Å². The zero-order chi connectivity index (χ0) is 8.85. The van der Waals surface area contributed by atoms with Crippen molar-refractivity contribution >= 4 is 9.24 Å². The van der Waals surface area contributed by atoms with E-state index < -0.39 is 0 Å². The van der Waals surface area contributed by atoms with Crippen molar-refractivity contribution in [1.82, 2.24) is 4.90 Å². The van der Waals surface area contributed by atoms with Crippen LogP contribution in [0.3, 0.4) is 0 Å². The maximum atomic E-state index is 8.77. The molecule has 3 heteroatoms. The first-order chi connectivity index (χ1) is 5.17. The number of hydrogen-bond donors (Lipinski definition) is 0. The van der Waals surface area contributed by atoms with E-state index >= 15 is 0 Å². The zero-order valence-electron chi connectivity index (χ0n) is 7.54. The summed E-state index contributed by atoms with van der Waals surface area (Å²) < 4.78 is 0. The minimum atomic E-state index is 0.0602. The highest BCUT2D eigenvalue weighted by Crippen LogP contribution is 2.06. The van der Waals surface area contributed by atoms with Gasteiger partial charge in [-0.3, -0.25) is 4.90 Å². The summed E-state index contributed by atoms with van der Waals surface area (Å²) in [5, 5.41) is 8.77. The third-order valence-corrected chi connectivity index (χ3v) is 2.25. The minimum absolute atomic E-state index is 0.0602. The number of nitrogens with zero attached hydrogens (tertiary/aromatic N) is 2. The zero-order valence-corrected chi connectivity index (χ0v) is 8.70. The van der Waals surface area contributed by atoms with Crippen LogP contribution in [-0.2, 0) is 0 Å². The molecule has 11 heavy (non-hydrogen) atoms. The van der Waals surface area contributed by atoms with Gasteiger partial charge < -0.3 is 0 Å². The second-order valence-electron chi connectivity index (χ2n) is 2.80. The van der Waals surface area contributed by atoms with E-state index in [2.05, 4.69) is 41.0 Å². The van der Waals surface area contributed by atoms with Gasteiger partial charge in [-0.1, -0.05) is 6.92 Å². The Hall–Kier alpha value is -0.120. The quantitative estimate of drug-likeness (QED) is 0.601. The van der Waals surface area contributed by atoms with Crippen LogP contribution in [0.1, 0.15) is 20.8 Å². The first-order valence-electron chi connectivity index (χ1n) is 4.02. The molecule has 0 aliphatic rings. The summed E-state index contributed by atoms with van der Waals surface area (Å²) in [5.74, 6) is 0. The monoisotopic (exact) mass is 172 g/mol. The molecule has 0 spiro atoms. The van der Waals surface area contributed by atoms with E-state index in [1.165, 1.54) is 0 Å². The van der Waals surface area contributed by atoms with Gasteiger partial charge in [-0.15, -0.1) is 9.24 Å². The predicted octanol–water partition coefficient (Wildman–Crippen LogP) is 1.48. The van der Waals surface area contributed by atoms with Gasteiger partial charge in [0.1, 0.15) is 6.04 Å². The van der Waals surface area contributed by atoms with E-state index in [-0.39, 0.29) is 6.04 Å². The van der Waals surface area contributed by atoms with Gasteiger partial charge in [-0.25, -0.2) is 0 Å². The van der Waals surface area contributed by atoms with Gasteiger partial charge in [0.2, 0.25) is 0 Å². The molecule has 0 saturated carbocycles. The predicted molar refractivity (Wildman–Crippen MR) is 51.5 cm³/mol. The van der Waals surface area contributed by atoms with Crippen LogP contribution in [0.4, 0.5) is 0 Å². The van der Waals surface area contributed by atoms with Crippen LogP contribution in [0, 0.1) is 11.3 Å². The SMILES string of the molecule is CCN(C(C)C)C(C#N)CP. The molecule has 64 valence electrons. The topological polar surface area (TPSA) is 27.0 Å². The molecule has 0 saturated heterocycles. The fourth-order valence-corrected chi connectivity index (χ4v) is 1.58. The second kappa shape index (κ2) is 5.52. The third kappa shape index (κ3) is 3.18. The van der Waals surface area contributed by atoms with Crippen molar-refractivity contribution < 1.29 is 0 Å². The van der Waals surface area contributed by atoms with Crippen LogP contribution in [0.5, 0.6) is 0 Å². The molecule has 0 N–H and O–H groups in total. The molecule has 0 fully saturated rings. The Bertz CT molecular complexity index is 140. The highest BCUT2D eigenvalue weighted by molar-refractivity contribution is 7.16. The molecular formula is C8H17N2P. The molecule has 2 nitrogen and oxygen atoms in total. The van der Waals surface area contributed by atoms with Crippen molar-refractivity contribution in [1.29, 1.82) is 5.26 Å². The highest BCUT2D eigenvalue weighted by Gasteiger charge is 2.16. The van der Waals surface area contributed by atoms with Gasteiger partial charge in [0, 0.05) is 6.04 Å². The number of rotatable bonds is 4. The average molecular weight is 172 g/mol. The van der Waals surface area contributed by atoms with E-state index in [4.69, 9.17) is 5.26 Å². The first-order valence-corrected chi connectivity index (χ1v) is 4.84. The van der Waals surface area contributed by atoms with Crippen molar-refractivity contribution in [3.8, 4) is 6.07 Å². The van der Waals surface area contributed by atoms with Gasteiger partial charge in [0.05, 0.1) is 6.07 Å². The van der Waals surface area contributed by atoms with Gasteiger partial charge in [-0.05, 0) is 26.6 Å². The average Bonchev–Trinajstić information content (AvgIpc) is 1.99. The lowest BCUT2D eigenvalue weighted by Crippen LogP contribution is -2.40. The smallest absolute Gasteiger partial charge is 0.101 e. The summed E-state index contributed by atoms with van der Waals surface area (Å²) in [5.41, 5.74) is 0. The summed E-state index contributed by atoms with van der Waals surface area (Å²) in [4.78, 5) is 2.19. The summed E-state index contributed by atoms with van der Waals surface area (Å²) in [6, 6.07) is 2.81. The van der Waals surface area contributed by atoms with E-state index in [0.717, 1.165) is 12.7 Å². The lowest BCUT2D eigenvalue weighted by molar-refractivity contribution is 0.210. The van der Waals surface area contributed by atoms with Crippen LogP contribution in [0.2, 0.25) is 0 Å². The van der Waals surface area contributed by atoms with Crippen molar-refractivity contribution in [3.63, 3.8) is 0 Å². The Morgan fingerprint density at radius 2 is 2.09 bits per heavy atom. The third-order valence-electron chi connectivity index (χ3n) is 1.80. The maximum Gasteiger partial charge on any atom is 0.101 e. The molecule has 0 aromatic heterocycles. The van der Waals surface area contributed by atoms with Gasteiger partial charge in [0.25, 0.3) is 0 Å². The minimum Gasteiger partial charge on any atom is -0.286 e. The molecule has 0 rings (SSSR count). The van der Waals surface area contributed by atoms with Crippen molar-refractivity contribution in [2.75, 3.05) is 12.7 Å². The standard InChI is InChI=1S/C8H17N2P/c1-4-10(7(2)3)8(5-9)6-11/h7-8H,4,6,11H2,1-3H3. The molecule has 2 unspecified atom stereocenters. The molecule has 0 aliphatic carbocycles. The Morgan fingerprint density at radius 1 is 1.55 bits per heavy atom. The van der Waals surface area contributed by atoms with Crippen LogP contribution >= 0.6 is 9.24 Å². The molecular weight excluding hydrogens is 155 g/mol. The van der Waals surface area contributed by atoms with E-state index in [0.29, 0.717) is 6.04 Å². The Morgan fingerprint density at radius 3 is 2.18 bits per heavy atom. The first kappa shape index (κ1) is 10.9. The van der Waals surface area contributed by atoms with Crippen molar-refractivity contribution in [2.24, 2.45) is 0 Å². The summed E-state index contributed by atoms with van der Waals surface area (Å²) in [6.45, 7) is 7.28. The lowest BCUT2D eigenvalue weighted by Gasteiger charge is -2.28. The molecule has 2 atom stereocenters. The van der Waals surface area contributed by atoms with Crippen molar-refractivity contribution in [3.05, 3.63) is 0 Å². The molecule has 0 aromatic rings. The van der Waals surface area contributed by atoms with E-state index in [1.807, 2.05) is 0 Å². The van der Waals surface area contributed by atoms with E-state index in [9.17, 15) is 0 Å². The summed E-state index contributed by atoms with van der Waals surface area (Å²) in [7, 11) is 2.62. The number of hydrogen-bond acceptors (Lipinski definition) is 2. The Balaban J connectivity index is 4.12.